The molecule has 5 nitrogen and oxygen atoms in total. The van der Waals surface area contributed by atoms with Gasteiger partial charge in [0.1, 0.15) is 0 Å². The van der Waals surface area contributed by atoms with Gasteiger partial charge in [-0.25, -0.2) is 4.79 Å². The Bertz CT molecular complexity index is 482. The number of carboxylic acid groups (broad SMARTS) is 1. The van der Waals surface area contributed by atoms with E-state index in [-0.39, 0.29) is 12.5 Å². The summed E-state index contributed by atoms with van der Waals surface area (Å²) in [6.07, 6.45) is 2.36. The molecule has 1 aromatic rings. The molecule has 1 amide bonds. The maximum absolute atomic E-state index is 11.8. The minimum Gasteiger partial charge on any atom is -0.480 e. The van der Waals surface area contributed by atoms with Crippen molar-refractivity contribution in [2.45, 2.75) is 31.2 Å². The molecular weight excluding hydrogens is 270 g/mol. The topological polar surface area (TPSA) is 75.6 Å². The fourth-order valence-corrected chi connectivity index (χ4v) is 2.76. The second-order valence-corrected chi connectivity index (χ2v) is 5.56. The molecule has 2 rings (SSSR count). The normalized spacial score (nSPS) is 22.1. The average molecular weight is 291 g/mol. The molecule has 5 heteroatoms. The lowest BCUT2D eigenvalue weighted by atomic mass is 9.70. The Labute approximate surface area is 124 Å². The van der Waals surface area contributed by atoms with Crippen LogP contribution >= 0.6 is 0 Å². The Morgan fingerprint density at radius 1 is 1.33 bits per heavy atom. The van der Waals surface area contributed by atoms with Gasteiger partial charge in [0, 0.05) is 13.5 Å². The molecule has 1 aliphatic carbocycles. The number of ether oxygens (including phenoxy) is 1. The lowest BCUT2D eigenvalue weighted by molar-refractivity contribution is -0.143. The van der Waals surface area contributed by atoms with Crippen molar-refractivity contribution in [1.82, 2.24) is 5.32 Å². The van der Waals surface area contributed by atoms with Crippen molar-refractivity contribution in [3.05, 3.63) is 35.9 Å². The number of rotatable bonds is 7. The first-order valence-corrected chi connectivity index (χ1v) is 7.16. The third kappa shape index (κ3) is 4.29. The minimum atomic E-state index is -1.07. The first-order valence-electron chi connectivity index (χ1n) is 7.16. The van der Waals surface area contributed by atoms with Crippen LogP contribution in [0.15, 0.2) is 30.3 Å². The molecule has 0 aliphatic heterocycles. The van der Waals surface area contributed by atoms with Gasteiger partial charge in [0.05, 0.1) is 6.61 Å². The van der Waals surface area contributed by atoms with Crippen molar-refractivity contribution in [2.24, 2.45) is 5.92 Å². The minimum absolute atomic E-state index is 0.0155. The van der Waals surface area contributed by atoms with Gasteiger partial charge < -0.3 is 15.2 Å². The molecule has 2 N–H and O–H groups in total. The van der Waals surface area contributed by atoms with Crippen molar-refractivity contribution >= 4 is 11.9 Å². The number of hydrogen-bond acceptors (Lipinski definition) is 3. The van der Waals surface area contributed by atoms with Crippen LogP contribution in [-0.4, -0.2) is 36.7 Å². The highest BCUT2D eigenvalue weighted by atomic mass is 16.5. The van der Waals surface area contributed by atoms with Gasteiger partial charge in [-0.3, -0.25) is 4.79 Å². The third-order valence-corrected chi connectivity index (χ3v) is 3.95. The van der Waals surface area contributed by atoms with E-state index < -0.39 is 12.0 Å². The summed E-state index contributed by atoms with van der Waals surface area (Å²) in [5, 5.41) is 11.5. The van der Waals surface area contributed by atoms with Crippen LogP contribution in [0.25, 0.3) is 0 Å². The third-order valence-electron chi connectivity index (χ3n) is 3.95. The van der Waals surface area contributed by atoms with E-state index in [0.29, 0.717) is 18.3 Å². The zero-order valence-corrected chi connectivity index (χ0v) is 12.1. The van der Waals surface area contributed by atoms with E-state index in [9.17, 15) is 9.59 Å². The summed E-state index contributed by atoms with van der Waals surface area (Å²) < 4.78 is 4.79. The highest BCUT2D eigenvalue weighted by Crippen LogP contribution is 2.43. The highest BCUT2D eigenvalue weighted by molar-refractivity contribution is 5.83. The molecule has 0 spiro atoms. The largest absolute Gasteiger partial charge is 0.480 e. The van der Waals surface area contributed by atoms with E-state index in [1.54, 1.807) is 0 Å². The fourth-order valence-electron chi connectivity index (χ4n) is 2.76. The molecule has 1 aromatic carbocycles. The van der Waals surface area contributed by atoms with E-state index in [4.69, 9.17) is 9.84 Å². The number of hydrogen-bond donors (Lipinski definition) is 2. The Hall–Kier alpha value is -1.88. The maximum Gasteiger partial charge on any atom is 0.328 e. The number of carbonyl (C=O) groups is 2. The van der Waals surface area contributed by atoms with E-state index in [1.165, 1.54) is 12.7 Å². The molecule has 0 bridgehead atoms. The molecular formula is C16H21NO4. The van der Waals surface area contributed by atoms with Gasteiger partial charge >= 0.3 is 5.97 Å². The second kappa shape index (κ2) is 7.22. The molecule has 1 atom stereocenters. The molecule has 0 heterocycles. The summed E-state index contributed by atoms with van der Waals surface area (Å²) in [6.45, 7) is -0.0155. The van der Waals surface area contributed by atoms with Crippen molar-refractivity contribution in [2.75, 3.05) is 13.7 Å². The van der Waals surface area contributed by atoms with Gasteiger partial charge in [0.2, 0.25) is 5.91 Å². The van der Waals surface area contributed by atoms with Crippen molar-refractivity contribution in [3.63, 3.8) is 0 Å². The van der Waals surface area contributed by atoms with Crippen molar-refractivity contribution in [1.29, 1.82) is 0 Å². The van der Waals surface area contributed by atoms with Crippen LogP contribution < -0.4 is 5.32 Å². The number of carbonyl (C=O) groups excluding carboxylic acids is 1. The number of aliphatic carboxylic acids is 1. The molecule has 0 saturated heterocycles. The molecule has 0 aromatic heterocycles. The van der Waals surface area contributed by atoms with Crippen LogP contribution in [0, 0.1) is 5.92 Å². The predicted molar refractivity (Wildman–Crippen MR) is 78.0 cm³/mol. The molecule has 21 heavy (non-hydrogen) atoms. The summed E-state index contributed by atoms with van der Waals surface area (Å²) >= 11 is 0. The number of nitrogens with one attached hydrogen (secondary N) is 1. The molecule has 114 valence electrons. The monoisotopic (exact) mass is 291 g/mol. The number of amides is 1. The van der Waals surface area contributed by atoms with Crippen LogP contribution in [0.4, 0.5) is 0 Å². The average Bonchev–Trinajstić information content (AvgIpc) is 2.42. The van der Waals surface area contributed by atoms with Crippen LogP contribution in [0.2, 0.25) is 0 Å². The van der Waals surface area contributed by atoms with Crippen LogP contribution in [0.5, 0.6) is 0 Å². The molecule has 0 radical (unpaired) electrons. The lowest BCUT2D eigenvalue weighted by Crippen LogP contribution is -2.44. The van der Waals surface area contributed by atoms with Gasteiger partial charge in [-0.05, 0) is 30.2 Å². The predicted octanol–water partition coefficient (Wildman–Crippen LogP) is 1.79. The van der Waals surface area contributed by atoms with E-state index in [1.807, 2.05) is 18.2 Å². The zero-order valence-electron chi connectivity index (χ0n) is 12.1. The number of carboxylic acids is 1. The van der Waals surface area contributed by atoms with Crippen molar-refractivity contribution < 1.29 is 19.4 Å². The summed E-state index contributed by atoms with van der Waals surface area (Å²) in [5.41, 5.74) is 1.32. The number of methoxy groups -OCH3 is 1. The summed E-state index contributed by atoms with van der Waals surface area (Å²) in [6, 6.07) is 9.30. The quantitative estimate of drug-likeness (QED) is 0.803. The maximum atomic E-state index is 11.8. The Morgan fingerprint density at radius 2 is 2.00 bits per heavy atom. The van der Waals surface area contributed by atoms with Crippen LogP contribution in [0.3, 0.4) is 0 Å². The van der Waals surface area contributed by atoms with Crippen molar-refractivity contribution in [3.8, 4) is 0 Å². The lowest BCUT2D eigenvalue weighted by Gasteiger charge is -2.35. The first kappa shape index (κ1) is 15.5. The highest BCUT2D eigenvalue weighted by Gasteiger charge is 2.32. The fraction of sp³-hybridized carbons (Fsp3) is 0.500. The van der Waals surface area contributed by atoms with E-state index >= 15 is 0 Å². The summed E-state index contributed by atoms with van der Waals surface area (Å²) in [4.78, 5) is 22.8. The zero-order chi connectivity index (χ0) is 15.2. The van der Waals surface area contributed by atoms with Crippen LogP contribution in [0.1, 0.15) is 30.7 Å². The molecule has 1 aliphatic rings. The Balaban J connectivity index is 1.74. The molecule has 1 unspecified atom stereocenters. The van der Waals surface area contributed by atoms with Gasteiger partial charge in [0.15, 0.2) is 6.04 Å². The second-order valence-electron chi connectivity index (χ2n) is 5.56. The number of benzene rings is 1. The van der Waals surface area contributed by atoms with Gasteiger partial charge in [0.25, 0.3) is 0 Å². The SMILES string of the molecule is COCC(NC(=O)CC1CC(c2ccccc2)C1)C(=O)O. The van der Waals surface area contributed by atoms with Gasteiger partial charge in [-0.1, -0.05) is 30.3 Å². The summed E-state index contributed by atoms with van der Waals surface area (Å²) in [7, 11) is 1.42. The summed E-state index contributed by atoms with van der Waals surface area (Å²) in [5.74, 6) is -0.414. The smallest absolute Gasteiger partial charge is 0.328 e. The first-order chi connectivity index (χ1) is 10.1. The molecule has 1 fully saturated rings. The Kier molecular flexibility index (Phi) is 5.33. The van der Waals surface area contributed by atoms with E-state index in [2.05, 4.69) is 17.4 Å². The van der Waals surface area contributed by atoms with Gasteiger partial charge in [-0.15, -0.1) is 0 Å². The van der Waals surface area contributed by atoms with E-state index in [0.717, 1.165) is 12.8 Å². The Morgan fingerprint density at radius 3 is 2.57 bits per heavy atom. The van der Waals surface area contributed by atoms with Gasteiger partial charge in [-0.2, -0.15) is 0 Å². The molecule has 1 saturated carbocycles. The standard InChI is InChI=1S/C16H21NO4/c1-21-10-14(16(19)20)17-15(18)9-11-7-13(8-11)12-5-3-2-4-6-12/h2-6,11,13-14H,7-10H2,1H3,(H,17,18)(H,19,20). The van der Waals surface area contributed by atoms with Crippen LogP contribution in [-0.2, 0) is 14.3 Å².